The smallest absolute Gasteiger partial charge is 0.266 e. The van der Waals surface area contributed by atoms with Crippen molar-refractivity contribution in [3.05, 3.63) is 11.1 Å². The van der Waals surface area contributed by atoms with E-state index in [1.165, 1.54) is 11.3 Å². The van der Waals surface area contributed by atoms with Crippen LogP contribution in [0.2, 0.25) is 0 Å². The molecule has 1 aliphatic carbocycles. The number of thiazole rings is 1. The Hall–Kier alpha value is -1.10. The molecule has 112 valence electrons. The molecule has 1 aromatic heterocycles. The number of anilines is 1. The van der Waals surface area contributed by atoms with Crippen molar-refractivity contribution in [2.75, 3.05) is 11.9 Å². The van der Waals surface area contributed by atoms with E-state index in [1.807, 2.05) is 11.8 Å². The topological polar surface area (TPSA) is 45.2 Å². The number of amides is 1. The lowest BCUT2D eigenvalue weighted by Gasteiger charge is -2.49. The van der Waals surface area contributed by atoms with Gasteiger partial charge in [-0.15, -0.1) is 0 Å². The zero-order valence-electron chi connectivity index (χ0n) is 13.1. The van der Waals surface area contributed by atoms with E-state index in [0.29, 0.717) is 11.5 Å². The molecule has 0 radical (unpaired) electrons. The van der Waals surface area contributed by atoms with Gasteiger partial charge < -0.3 is 10.2 Å². The van der Waals surface area contributed by atoms with Crippen LogP contribution < -0.4 is 5.32 Å². The fourth-order valence-electron chi connectivity index (χ4n) is 2.97. The number of hydrogen-bond acceptors (Lipinski definition) is 4. The molecule has 20 heavy (non-hydrogen) atoms. The Kier molecular flexibility index (Phi) is 4.37. The molecule has 1 aromatic rings. The Morgan fingerprint density at radius 1 is 1.55 bits per heavy atom. The average Bonchev–Trinajstić information content (AvgIpc) is 2.75. The highest BCUT2D eigenvalue weighted by Gasteiger charge is 2.42. The van der Waals surface area contributed by atoms with Gasteiger partial charge in [-0.25, -0.2) is 4.98 Å². The Bertz CT molecular complexity index is 473. The van der Waals surface area contributed by atoms with Gasteiger partial charge in [0.15, 0.2) is 5.13 Å². The third-order valence-corrected chi connectivity index (χ3v) is 4.75. The van der Waals surface area contributed by atoms with Crippen LogP contribution in [0.25, 0.3) is 0 Å². The zero-order valence-corrected chi connectivity index (χ0v) is 13.9. The van der Waals surface area contributed by atoms with Gasteiger partial charge in [-0.2, -0.15) is 0 Å². The SMILES string of the molecule is CCNc1ncc(C(=O)N(C(C)C)C2CC(C)(C)C2)s1. The van der Waals surface area contributed by atoms with E-state index in [0.717, 1.165) is 29.4 Å². The summed E-state index contributed by atoms with van der Waals surface area (Å²) in [6.45, 7) is 11.6. The van der Waals surface area contributed by atoms with Crippen molar-refractivity contribution in [1.82, 2.24) is 9.88 Å². The first-order valence-electron chi connectivity index (χ1n) is 7.36. The van der Waals surface area contributed by atoms with Crippen LogP contribution in [-0.2, 0) is 0 Å². The maximum atomic E-state index is 12.7. The maximum Gasteiger partial charge on any atom is 0.266 e. The zero-order chi connectivity index (χ0) is 14.9. The van der Waals surface area contributed by atoms with E-state index in [4.69, 9.17) is 0 Å². The highest BCUT2D eigenvalue weighted by atomic mass is 32.1. The molecular weight excluding hydrogens is 270 g/mol. The molecule has 0 spiro atoms. The number of nitrogens with one attached hydrogen (secondary N) is 1. The van der Waals surface area contributed by atoms with E-state index in [-0.39, 0.29) is 11.9 Å². The summed E-state index contributed by atoms with van der Waals surface area (Å²) in [5, 5.41) is 3.99. The minimum atomic E-state index is 0.127. The molecule has 1 N–H and O–H groups in total. The van der Waals surface area contributed by atoms with Crippen LogP contribution in [-0.4, -0.2) is 34.4 Å². The first-order chi connectivity index (χ1) is 9.34. The number of carbonyl (C=O) groups is 1. The highest BCUT2D eigenvalue weighted by molar-refractivity contribution is 7.17. The Balaban J connectivity index is 2.10. The van der Waals surface area contributed by atoms with Gasteiger partial charge in [0.1, 0.15) is 4.88 Å². The molecule has 1 heterocycles. The Morgan fingerprint density at radius 2 is 2.20 bits per heavy atom. The molecule has 2 rings (SSSR count). The lowest BCUT2D eigenvalue weighted by molar-refractivity contribution is 0.0106. The second-order valence-electron chi connectivity index (χ2n) is 6.59. The standard InChI is InChI=1S/C15H25N3OS/c1-6-16-14-17-9-12(20-14)13(19)18(10(2)3)11-7-15(4,5)8-11/h9-11H,6-8H2,1-5H3,(H,16,17). The molecule has 0 aromatic carbocycles. The molecular formula is C15H25N3OS. The van der Waals surface area contributed by atoms with Crippen molar-refractivity contribution in [1.29, 1.82) is 0 Å². The van der Waals surface area contributed by atoms with Crippen molar-refractivity contribution in [2.24, 2.45) is 5.41 Å². The van der Waals surface area contributed by atoms with Gasteiger partial charge in [0.25, 0.3) is 5.91 Å². The summed E-state index contributed by atoms with van der Waals surface area (Å²) in [7, 11) is 0. The summed E-state index contributed by atoms with van der Waals surface area (Å²) in [6, 6.07) is 0.607. The van der Waals surface area contributed by atoms with Crippen LogP contribution in [0.3, 0.4) is 0 Å². The van der Waals surface area contributed by atoms with E-state index < -0.39 is 0 Å². The average molecular weight is 295 g/mol. The first-order valence-corrected chi connectivity index (χ1v) is 8.18. The molecule has 1 amide bonds. The fraction of sp³-hybridized carbons (Fsp3) is 0.733. The third kappa shape index (κ3) is 3.14. The molecule has 0 saturated heterocycles. The van der Waals surface area contributed by atoms with Gasteiger partial charge in [-0.3, -0.25) is 4.79 Å². The van der Waals surface area contributed by atoms with Crippen molar-refractivity contribution in [3.63, 3.8) is 0 Å². The molecule has 1 saturated carbocycles. The van der Waals surface area contributed by atoms with E-state index >= 15 is 0 Å². The second kappa shape index (κ2) is 5.72. The van der Waals surface area contributed by atoms with Crippen molar-refractivity contribution in [2.45, 2.75) is 59.5 Å². The third-order valence-electron chi connectivity index (χ3n) is 3.81. The summed E-state index contributed by atoms with van der Waals surface area (Å²) in [5.41, 5.74) is 0.376. The van der Waals surface area contributed by atoms with Gasteiger partial charge in [0.2, 0.25) is 0 Å². The van der Waals surface area contributed by atoms with Gasteiger partial charge in [0.05, 0.1) is 6.20 Å². The van der Waals surface area contributed by atoms with Gasteiger partial charge in [-0.1, -0.05) is 25.2 Å². The molecule has 0 aliphatic heterocycles. The van der Waals surface area contributed by atoms with Crippen LogP contribution in [0.15, 0.2) is 6.20 Å². The fourth-order valence-corrected chi connectivity index (χ4v) is 3.80. The first kappa shape index (κ1) is 15.3. The monoisotopic (exact) mass is 295 g/mol. The van der Waals surface area contributed by atoms with Crippen LogP contribution in [0.5, 0.6) is 0 Å². The summed E-state index contributed by atoms with van der Waals surface area (Å²) in [6.07, 6.45) is 3.88. The van der Waals surface area contributed by atoms with Gasteiger partial charge in [-0.05, 0) is 39.0 Å². The molecule has 4 nitrogen and oxygen atoms in total. The number of carbonyl (C=O) groups excluding carboxylic acids is 1. The molecule has 0 bridgehead atoms. The second-order valence-corrected chi connectivity index (χ2v) is 7.62. The lowest BCUT2D eigenvalue weighted by Crippen LogP contribution is -2.53. The Morgan fingerprint density at radius 3 is 2.70 bits per heavy atom. The van der Waals surface area contributed by atoms with Gasteiger partial charge >= 0.3 is 0 Å². The van der Waals surface area contributed by atoms with Gasteiger partial charge in [0, 0.05) is 18.6 Å². The van der Waals surface area contributed by atoms with E-state index in [1.54, 1.807) is 6.20 Å². The lowest BCUT2D eigenvalue weighted by atomic mass is 9.67. The molecule has 0 atom stereocenters. The molecule has 1 aliphatic rings. The molecule has 5 heteroatoms. The van der Waals surface area contributed by atoms with Crippen molar-refractivity contribution >= 4 is 22.4 Å². The van der Waals surface area contributed by atoms with E-state index in [2.05, 4.69) is 38.0 Å². The minimum absolute atomic E-state index is 0.127. The van der Waals surface area contributed by atoms with Crippen LogP contribution in [0, 0.1) is 5.41 Å². The predicted octanol–water partition coefficient (Wildman–Crippen LogP) is 3.61. The molecule has 1 fully saturated rings. The Labute approximate surface area is 125 Å². The largest absolute Gasteiger partial charge is 0.362 e. The van der Waals surface area contributed by atoms with Crippen molar-refractivity contribution < 1.29 is 4.79 Å². The number of hydrogen-bond donors (Lipinski definition) is 1. The van der Waals surface area contributed by atoms with Crippen LogP contribution in [0.4, 0.5) is 5.13 Å². The highest BCUT2D eigenvalue weighted by Crippen LogP contribution is 2.43. The number of rotatable bonds is 5. The maximum absolute atomic E-state index is 12.7. The number of aromatic nitrogens is 1. The van der Waals surface area contributed by atoms with Crippen molar-refractivity contribution in [3.8, 4) is 0 Å². The summed E-state index contributed by atoms with van der Waals surface area (Å²) in [5.74, 6) is 0.127. The summed E-state index contributed by atoms with van der Waals surface area (Å²) >= 11 is 1.45. The van der Waals surface area contributed by atoms with Crippen LogP contribution >= 0.6 is 11.3 Å². The predicted molar refractivity (Wildman–Crippen MR) is 84.4 cm³/mol. The van der Waals surface area contributed by atoms with Crippen LogP contribution in [0.1, 0.15) is 57.1 Å². The normalized spacial score (nSPS) is 17.9. The quantitative estimate of drug-likeness (QED) is 0.902. The molecule has 0 unspecified atom stereocenters. The minimum Gasteiger partial charge on any atom is -0.362 e. The number of nitrogens with zero attached hydrogens (tertiary/aromatic N) is 2. The summed E-state index contributed by atoms with van der Waals surface area (Å²) in [4.78, 5) is 19.7. The summed E-state index contributed by atoms with van der Waals surface area (Å²) < 4.78 is 0. The van der Waals surface area contributed by atoms with E-state index in [9.17, 15) is 4.79 Å².